The second kappa shape index (κ2) is 6.96. The number of carbonyl (C=O) groups is 3. The number of carboxylic acid groups (broad SMARTS) is 1. The summed E-state index contributed by atoms with van der Waals surface area (Å²) in [6, 6.07) is -1.26. The van der Waals surface area contributed by atoms with Gasteiger partial charge in [0.2, 0.25) is 11.4 Å². The van der Waals surface area contributed by atoms with Gasteiger partial charge in [-0.25, -0.2) is 9.59 Å². The van der Waals surface area contributed by atoms with E-state index in [1.807, 2.05) is 0 Å². The maximum absolute atomic E-state index is 12.6. The maximum atomic E-state index is 12.6. The van der Waals surface area contributed by atoms with E-state index in [2.05, 4.69) is 5.32 Å². The van der Waals surface area contributed by atoms with Crippen LogP contribution in [0.5, 0.6) is 0 Å². The molecule has 3 amide bonds. The van der Waals surface area contributed by atoms with Crippen LogP contribution in [0.25, 0.3) is 0 Å². The second-order valence-electron chi connectivity index (χ2n) is 4.23. The molecule has 5 N–H and O–H groups in total. The molecule has 0 bridgehead atoms. The van der Waals surface area contributed by atoms with Gasteiger partial charge in [-0.15, -0.1) is 0 Å². The molecular formula is C10H16F3N3O4. The quantitative estimate of drug-likeness (QED) is 0.506. The van der Waals surface area contributed by atoms with Crippen molar-refractivity contribution >= 4 is 17.9 Å². The number of amides is 3. The highest BCUT2D eigenvalue weighted by atomic mass is 19.4. The summed E-state index contributed by atoms with van der Waals surface area (Å²) in [7, 11) is 0. The molecule has 0 saturated heterocycles. The summed E-state index contributed by atoms with van der Waals surface area (Å²) in [4.78, 5) is 32.3. The van der Waals surface area contributed by atoms with Crippen molar-refractivity contribution in [3.63, 3.8) is 0 Å². The lowest BCUT2D eigenvalue weighted by Gasteiger charge is -2.28. The molecule has 20 heavy (non-hydrogen) atoms. The molecule has 0 fully saturated rings. The molecule has 0 radical (unpaired) electrons. The Kier molecular flexibility index (Phi) is 6.27. The summed E-state index contributed by atoms with van der Waals surface area (Å²) >= 11 is 0. The van der Waals surface area contributed by atoms with Crippen LogP contribution < -0.4 is 16.4 Å². The summed E-state index contributed by atoms with van der Waals surface area (Å²) in [5, 5.41) is 12.0. The van der Waals surface area contributed by atoms with Gasteiger partial charge in [0, 0.05) is 13.0 Å². The largest absolute Gasteiger partial charge is 0.479 e. The van der Waals surface area contributed by atoms with Crippen molar-refractivity contribution in [3.8, 4) is 0 Å². The van der Waals surface area contributed by atoms with Gasteiger partial charge in [0.05, 0.1) is 0 Å². The van der Waals surface area contributed by atoms with Gasteiger partial charge in [0.1, 0.15) is 0 Å². The zero-order valence-corrected chi connectivity index (χ0v) is 10.7. The van der Waals surface area contributed by atoms with E-state index in [4.69, 9.17) is 10.8 Å². The highest BCUT2D eigenvalue weighted by molar-refractivity contribution is 5.86. The maximum Gasteiger partial charge on any atom is 0.422 e. The lowest BCUT2D eigenvalue weighted by molar-refractivity contribution is -0.203. The van der Waals surface area contributed by atoms with Crippen molar-refractivity contribution in [1.82, 2.24) is 10.6 Å². The molecule has 1 atom stereocenters. The number of carbonyl (C=O) groups excluding carboxylic acids is 2. The molecule has 0 aromatic heterocycles. The fraction of sp³-hybridized carbons (Fsp3) is 0.700. The highest BCUT2D eigenvalue weighted by Gasteiger charge is 2.58. The Hall–Kier alpha value is -2.00. The smallest absolute Gasteiger partial charge is 0.422 e. The minimum atomic E-state index is -5.14. The topological polar surface area (TPSA) is 122 Å². The first-order chi connectivity index (χ1) is 9.00. The predicted octanol–water partition coefficient (Wildman–Crippen LogP) is 0.347. The number of alkyl halides is 3. The molecular weight excluding hydrogens is 283 g/mol. The Morgan fingerprint density at radius 3 is 2.15 bits per heavy atom. The number of nitrogens with two attached hydrogens (primary N) is 1. The third-order valence-corrected chi connectivity index (χ3v) is 2.49. The molecule has 0 rings (SSSR count). The molecule has 0 aromatic rings. The van der Waals surface area contributed by atoms with Gasteiger partial charge in [-0.05, 0) is 19.8 Å². The second-order valence-corrected chi connectivity index (χ2v) is 4.23. The molecule has 0 aromatic carbocycles. The number of unbranched alkanes of at least 4 members (excludes halogenated alkanes) is 1. The molecule has 0 heterocycles. The van der Waals surface area contributed by atoms with Gasteiger partial charge in [-0.3, -0.25) is 4.79 Å². The molecule has 0 saturated carbocycles. The minimum Gasteiger partial charge on any atom is -0.479 e. The first-order valence-electron chi connectivity index (χ1n) is 5.65. The van der Waals surface area contributed by atoms with Crippen LogP contribution in [-0.2, 0) is 9.59 Å². The zero-order chi connectivity index (χ0) is 16.0. The lowest BCUT2D eigenvalue weighted by atomic mass is 10.0. The minimum absolute atomic E-state index is 0.00727. The molecule has 0 aliphatic carbocycles. The summed E-state index contributed by atoms with van der Waals surface area (Å²) in [5.74, 6) is -2.74. The Morgan fingerprint density at radius 1 is 1.20 bits per heavy atom. The van der Waals surface area contributed by atoms with Gasteiger partial charge >= 0.3 is 18.2 Å². The Morgan fingerprint density at radius 2 is 1.75 bits per heavy atom. The van der Waals surface area contributed by atoms with Crippen LogP contribution in [0.1, 0.15) is 26.2 Å². The molecule has 116 valence electrons. The SMILES string of the molecule is CC(NC(=O)NCCCCC(N)=O)(C(=O)O)C(F)(F)F. The molecule has 0 aliphatic heterocycles. The van der Waals surface area contributed by atoms with Gasteiger partial charge in [0.15, 0.2) is 0 Å². The Labute approximate surface area is 112 Å². The van der Waals surface area contributed by atoms with E-state index in [0.29, 0.717) is 19.8 Å². The van der Waals surface area contributed by atoms with Gasteiger partial charge < -0.3 is 21.5 Å². The van der Waals surface area contributed by atoms with E-state index in [1.54, 1.807) is 0 Å². The van der Waals surface area contributed by atoms with Crippen LogP contribution in [0.3, 0.4) is 0 Å². The Balaban J connectivity index is 4.30. The summed E-state index contributed by atoms with van der Waals surface area (Å²) in [5.41, 5.74) is 1.50. The summed E-state index contributed by atoms with van der Waals surface area (Å²) in [6.45, 7) is 0.342. The lowest BCUT2D eigenvalue weighted by Crippen LogP contribution is -2.63. The molecule has 7 nitrogen and oxygen atoms in total. The number of rotatable bonds is 7. The molecule has 10 heteroatoms. The van der Waals surface area contributed by atoms with E-state index < -0.39 is 29.6 Å². The van der Waals surface area contributed by atoms with E-state index in [0.717, 1.165) is 0 Å². The van der Waals surface area contributed by atoms with E-state index in [9.17, 15) is 27.6 Å². The third kappa shape index (κ3) is 5.33. The fourth-order valence-corrected chi connectivity index (χ4v) is 1.14. The van der Waals surface area contributed by atoms with E-state index in [-0.39, 0.29) is 13.0 Å². The van der Waals surface area contributed by atoms with Crippen LogP contribution in [-0.4, -0.2) is 41.3 Å². The van der Waals surface area contributed by atoms with Crippen molar-refractivity contribution < 1.29 is 32.7 Å². The van der Waals surface area contributed by atoms with Crippen LogP contribution in [0.4, 0.5) is 18.0 Å². The number of carboxylic acids is 1. The number of hydrogen-bond donors (Lipinski definition) is 4. The van der Waals surface area contributed by atoms with Crippen molar-refractivity contribution in [2.75, 3.05) is 6.54 Å². The highest BCUT2D eigenvalue weighted by Crippen LogP contribution is 2.30. The number of aliphatic carboxylic acids is 1. The van der Waals surface area contributed by atoms with Crippen LogP contribution >= 0.6 is 0 Å². The van der Waals surface area contributed by atoms with Gasteiger partial charge in [-0.2, -0.15) is 13.2 Å². The van der Waals surface area contributed by atoms with Gasteiger partial charge in [0.25, 0.3) is 0 Å². The molecule has 1 unspecified atom stereocenters. The predicted molar refractivity (Wildman–Crippen MR) is 61.7 cm³/mol. The number of halogens is 3. The van der Waals surface area contributed by atoms with Crippen molar-refractivity contribution in [1.29, 1.82) is 0 Å². The number of urea groups is 1. The standard InChI is InChI=1S/C10H16F3N3O4/c1-9(7(18)19,10(11,12)13)16-8(20)15-5-3-2-4-6(14)17/h2-5H2,1H3,(H2,14,17)(H,18,19)(H2,15,16,20). The average Bonchev–Trinajstić information content (AvgIpc) is 2.26. The van der Waals surface area contributed by atoms with Crippen molar-refractivity contribution in [3.05, 3.63) is 0 Å². The van der Waals surface area contributed by atoms with Gasteiger partial charge in [-0.1, -0.05) is 0 Å². The monoisotopic (exact) mass is 299 g/mol. The third-order valence-electron chi connectivity index (χ3n) is 2.49. The first kappa shape index (κ1) is 18.0. The van der Waals surface area contributed by atoms with Crippen LogP contribution in [0.2, 0.25) is 0 Å². The summed E-state index contributed by atoms with van der Waals surface area (Å²) in [6.07, 6.45) is -4.35. The summed E-state index contributed by atoms with van der Waals surface area (Å²) < 4.78 is 37.7. The molecule has 0 aliphatic rings. The van der Waals surface area contributed by atoms with Crippen LogP contribution in [0.15, 0.2) is 0 Å². The molecule has 0 spiro atoms. The zero-order valence-electron chi connectivity index (χ0n) is 10.7. The van der Waals surface area contributed by atoms with E-state index in [1.165, 1.54) is 5.32 Å². The normalized spacial score (nSPS) is 14.2. The fourth-order valence-electron chi connectivity index (χ4n) is 1.14. The first-order valence-corrected chi connectivity index (χ1v) is 5.65. The van der Waals surface area contributed by atoms with Crippen LogP contribution in [0, 0.1) is 0 Å². The van der Waals surface area contributed by atoms with E-state index >= 15 is 0 Å². The number of nitrogens with one attached hydrogen (secondary N) is 2. The van der Waals surface area contributed by atoms with Crippen molar-refractivity contribution in [2.45, 2.75) is 37.9 Å². The van der Waals surface area contributed by atoms with Crippen molar-refractivity contribution in [2.24, 2.45) is 5.73 Å². The average molecular weight is 299 g/mol. The number of primary amides is 1. The number of hydrogen-bond acceptors (Lipinski definition) is 3. The Bertz CT molecular complexity index is 386.